The third-order valence-electron chi connectivity index (χ3n) is 2.11. The van der Waals surface area contributed by atoms with Crippen LogP contribution in [0.1, 0.15) is 13.8 Å². The molecule has 1 atom stereocenters. The molecule has 0 amide bonds. The van der Waals surface area contributed by atoms with Crippen LogP contribution in [0.25, 0.3) is 0 Å². The van der Waals surface area contributed by atoms with Crippen LogP contribution in [0.3, 0.4) is 0 Å². The molecule has 0 aliphatic heterocycles. The molecule has 0 aliphatic rings. The number of hydrogen-bond acceptors (Lipinski definition) is 4. The maximum atomic E-state index is 11.4. The standard InChI is InChI=1S/C9H18BNO3/c1-6-9(2,3)7(8(12)14-5)11-10(4)13/h6-7,11,13H,1H2,2-5H3. The maximum absolute atomic E-state index is 11.4. The van der Waals surface area contributed by atoms with Gasteiger partial charge in [0.15, 0.2) is 0 Å². The van der Waals surface area contributed by atoms with Crippen molar-refractivity contribution in [3.05, 3.63) is 12.7 Å². The van der Waals surface area contributed by atoms with Crippen LogP contribution >= 0.6 is 0 Å². The van der Waals surface area contributed by atoms with Gasteiger partial charge >= 0.3 is 13.0 Å². The molecule has 0 saturated heterocycles. The fourth-order valence-electron chi connectivity index (χ4n) is 1.06. The Morgan fingerprint density at radius 1 is 1.71 bits per heavy atom. The summed E-state index contributed by atoms with van der Waals surface area (Å²) >= 11 is 0. The van der Waals surface area contributed by atoms with E-state index in [-0.39, 0.29) is 0 Å². The highest BCUT2D eigenvalue weighted by atomic mass is 16.5. The minimum atomic E-state index is -0.765. The van der Waals surface area contributed by atoms with Crippen LogP contribution in [0.5, 0.6) is 0 Å². The number of nitrogens with one attached hydrogen (secondary N) is 1. The first-order valence-electron chi connectivity index (χ1n) is 4.50. The summed E-state index contributed by atoms with van der Waals surface area (Å²) in [7, 11) is 0.552. The van der Waals surface area contributed by atoms with Gasteiger partial charge in [-0.3, -0.25) is 4.79 Å². The first-order valence-corrected chi connectivity index (χ1v) is 4.50. The van der Waals surface area contributed by atoms with Crippen molar-refractivity contribution in [2.24, 2.45) is 5.41 Å². The van der Waals surface area contributed by atoms with Crippen LogP contribution in [-0.4, -0.2) is 31.2 Å². The third-order valence-corrected chi connectivity index (χ3v) is 2.11. The molecule has 0 aromatic heterocycles. The van der Waals surface area contributed by atoms with Crippen molar-refractivity contribution >= 4 is 13.0 Å². The molecule has 4 nitrogen and oxygen atoms in total. The molecule has 0 aliphatic carbocycles. The number of esters is 1. The van der Waals surface area contributed by atoms with E-state index in [9.17, 15) is 9.82 Å². The molecule has 1 unspecified atom stereocenters. The van der Waals surface area contributed by atoms with Crippen molar-refractivity contribution in [3.63, 3.8) is 0 Å². The number of ether oxygens (including phenoxy) is 1. The van der Waals surface area contributed by atoms with E-state index in [0.29, 0.717) is 0 Å². The lowest BCUT2D eigenvalue weighted by atomic mass is 9.78. The smallest absolute Gasteiger partial charge is 0.374 e. The monoisotopic (exact) mass is 199 g/mol. The van der Waals surface area contributed by atoms with Crippen LogP contribution in [0.2, 0.25) is 6.82 Å². The SMILES string of the molecule is C=CC(C)(C)C(NB(C)O)C(=O)OC. The summed E-state index contributed by atoms with van der Waals surface area (Å²) in [5.74, 6) is -0.407. The highest BCUT2D eigenvalue weighted by molar-refractivity contribution is 6.46. The van der Waals surface area contributed by atoms with Gasteiger partial charge in [0.25, 0.3) is 0 Å². The van der Waals surface area contributed by atoms with E-state index in [4.69, 9.17) is 0 Å². The zero-order valence-corrected chi connectivity index (χ0v) is 9.20. The first kappa shape index (κ1) is 13.2. The van der Waals surface area contributed by atoms with E-state index in [1.807, 2.05) is 13.8 Å². The summed E-state index contributed by atoms with van der Waals surface area (Å²) in [4.78, 5) is 11.4. The van der Waals surface area contributed by atoms with E-state index in [1.54, 1.807) is 12.9 Å². The van der Waals surface area contributed by atoms with E-state index in [1.165, 1.54) is 7.11 Å². The highest BCUT2D eigenvalue weighted by Gasteiger charge is 2.34. The van der Waals surface area contributed by atoms with Gasteiger partial charge in [0.1, 0.15) is 6.04 Å². The van der Waals surface area contributed by atoms with Crippen LogP contribution in [-0.2, 0) is 9.53 Å². The summed E-state index contributed by atoms with van der Waals surface area (Å²) in [5, 5.41) is 11.9. The average Bonchev–Trinajstić information content (AvgIpc) is 2.12. The van der Waals surface area contributed by atoms with Crippen LogP contribution in [0.15, 0.2) is 12.7 Å². The van der Waals surface area contributed by atoms with Gasteiger partial charge in [-0.2, -0.15) is 0 Å². The number of carbonyl (C=O) groups is 1. The molecule has 14 heavy (non-hydrogen) atoms. The summed E-state index contributed by atoms with van der Waals surface area (Å²) in [6.07, 6.45) is 1.66. The summed E-state index contributed by atoms with van der Waals surface area (Å²) in [6, 6.07) is -0.593. The van der Waals surface area contributed by atoms with Gasteiger partial charge in [0.05, 0.1) is 7.11 Å². The topological polar surface area (TPSA) is 58.6 Å². The Morgan fingerprint density at radius 3 is 2.50 bits per heavy atom. The molecule has 0 heterocycles. The predicted molar refractivity (Wildman–Crippen MR) is 56.8 cm³/mol. The van der Waals surface area contributed by atoms with Gasteiger partial charge < -0.3 is 15.0 Å². The van der Waals surface area contributed by atoms with E-state index in [2.05, 4.69) is 16.5 Å². The highest BCUT2D eigenvalue weighted by Crippen LogP contribution is 2.22. The summed E-state index contributed by atoms with van der Waals surface area (Å²) in [6.45, 7) is 8.89. The van der Waals surface area contributed by atoms with Gasteiger partial charge in [-0.1, -0.05) is 19.9 Å². The van der Waals surface area contributed by atoms with Crippen LogP contribution < -0.4 is 5.23 Å². The molecule has 0 aromatic rings. The fourth-order valence-corrected chi connectivity index (χ4v) is 1.06. The Bertz CT molecular complexity index is 216. The van der Waals surface area contributed by atoms with E-state index in [0.717, 1.165) is 0 Å². The molecular formula is C9H18BNO3. The number of hydrogen-bond donors (Lipinski definition) is 2. The molecule has 80 valence electrons. The molecule has 0 radical (unpaired) electrons. The van der Waals surface area contributed by atoms with Gasteiger partial charge in [0, 0.05) is 5.41 Å². The number of methoxy groups -OCH3 is 1. The molecule has 0 spiro atoms. The lowest BCUT2D eigenvalue weighted by Crippen LogP contribution is -2.52. The summed E-state index contributed by atoms with van der Waals surface area (Å²) < 4.78 is 4.64. The van der Waals surface area contributed by atoms with E-state index < -0.39 is 24.5 Å². The van der Waals surface area contributed by atoms with Gasteiger partial charge in [-0.25, -0.2) is 0 Å². The Labute approximate surface area is 85.5 Å². The first-order chi connectivity index (χ1) is 6.35. The molecule has 0 aromatic carbocycles. The lowest BCUT2D eigenvalue weighted by Gasteiger charge is -2.30. The van der Waals surface area contributed by atoms with Gasteiger partial charge in [0.2, 0.25) is 0 Å². The van der Waals surface area contributed by atoms with Crippen molar-refractivity contribution < 1.29 is 14.6 Å². The van der Waals surface area contributed by atoms with Crippen LogP contribution in [0.4, 0.5) is 0 Å². The second-order valence-corrected chi connectivity index (χ2v) is 3.82. The molecular weight excluding hydrogens is 181 g/mol. The Hall–Kier alpha value is -0.805. The van der Waals surface area contributed by atoms with E-state index >= 15 is 0 Å². The Morgan fingerprint density at radius 2 is 2.21 bits per heavy atom. The molecule has 0 rings (SSSR count). The molecule has 0 saturated carbocycles. The molecule has 5 heteroatoms. The fraction of sp³-hybridized carbons (Fsp3) is 0.667. The zero-order chi connectivity index (χ0) is 11.4. The average molecular weight is 199 g/mol. The number of carbonyl (C=O) groups excluding carboxylic acids is 1. The third kappa shape index (κ3) is 3.51. The quantitative estimate of drug-likeness (QED) is 0.383. The maximum Gasteiger partial charge on any atom is 0.374 e. The zero-order valence-electron chi connectivity index (χ0n) is 9.20. The second-order valence-electron chi connectivity index (χ2n) is 3.82. The molecule has 0 bridgehead atoms. The molecule has 2 N–H and O–H groups in total. The largest absolute Gasteiger partial charge is 0.468 e. The minimum Gasteiger partial charge on any atom is -0.468 e. The van der Waals surface area contributed by atoms with Gasteiger partial charge in [-0.05, 0) is 6.82 Å². The van der Waals surface area contributed by atoms with Crippen molar-refractivity contribution in [1.82, 2.24) is 5.23 Å². The Balaban J connectivity index is 4.71. The van der Waals surface area contributed by atoms with Crippen molar-refractivity contribution in [2.45, 2.75) is 26.7 Å². The predicted octanol–water partition coefficient (Wildman–Crippen LogP) is 0.440. The summed E-state index contributed by atoms with van der Waals surface area (Å²) in [5.41, 5.74) is -0.468. The minimum absolute atomic E-state index is 0.407. The second kappa shape index (κ2) is 5.17. The van der Waals surface area contributed by atoms with Crippen molar-refractivity contribution in [3.8, 4) is 0 Å². The normalized spacial score (nSPS) is 13.2. The van der Waals surface area contributed by atoms with Crippen molar-refractivity contribution in [1.29, 1.82) is 0 Å². The Kier molecular flexibility index (Phi) is 4.87. The molecule has 0 fully saturated rings. The number of rotatable bonds is 5. The van der Waals surface area contributed by atoms with Gasteiger partial charge in [-0.15, -0.1) is 6.58 Å². The van der Waals surface area contributed by atoms with Crippen molar-refractivity contribution in [2.75, 3.05) is 7.11 Å². The lowest BCUT2D eigenvalue weighted by molar-refractivity contribution is -0.144. The van der Waals surface area contributed by atoms with Crippen LogP contribution in [0, 0.1) is 5.41 Å².